The molecule has 5 N–H and O–H groups in total. The highest BCUT2D eigenvalue weighted by Gasteiger charge is 2.38. The van der Waals surface area contributed by atoms with E-state index in [1.807, 2.05) is 25.1 Å². The number of likely N-dealkylation sites (N-methyl/N-ethyl adjacent to an activating group) is 1. The summed E-state index contributed by atoms with van der Waals surface area (Å²) < 4.78 is 0. The molecule has 0 fully saturated rings. The third-order valence-electron chi connectivity index (χ3n) is 4.94. The molecule has 3 heterocycles. The Balaban J connectivity index is 2.01. The molecule has 4 rings (SSSR count). The van der Waals surface area contributed by atoms with Gasteiger partial charge in [0.05, 0.1) is 18.8 Å². The van der Waals surface area contributed by atoms with E-state index in [4.69, 9.17) is 0 Å². The first-order valence-electron chi connectivity index (χ1n) is 8.09. The standard InChI is InChI=1S/C17H18N4O3/c1-2-21-8-7-10-9-5-3-4-6-11(9)18-13(10)14(21)12-15(22)19-17(24)20-16(12)23/h3-6,14,18H,2,7-8H2,1H3,(H3,19,20,22,23,24)/p+1/t14-/m1/s1. The molecular formula is C17H19N4O3+. The summed E-state index contributed by atoms with van der Waals surface area (Å²) in [5.74, 6) is -0.355. The molecule has 7 nitrogen and oxygen atoms in total. The van der Waals surface area contributed by atoms with Gasteiger partial charge < -0.3 is 15.0 Å². The topological polar surface area (TPSA) is 106 Å². The van der Waals surface area contributed by atoms with Crippen LogP contribution in [0.15, 0.2) is 33.9 Å². The second-order valence-electron chi connectivity index (χ2n) is 6.18. The summed E-state index contributed by atoms with van der Waals surface area (Å²) in [5.41, 5.74) is 2.10. The molecule has 0 saturated heterocycles. The van der Waals surface area contributed by atoms with Gasteiger partial charge in [0, 0.05) is 17.3 Å². The molecule has 0 spiro atoms. The monoisotopic (exact) mass is 327 g/mol. The lowest BCUT2D eigenvalue weighted by molar-refractivity contribution is -0.926. The van der Waals surface area contributed by atoms with E-state index in [0.29, 0.717) is 0 Å². The number of nitrogens with one attached hydrogen (secondary N) is 4. The van der Waals surface area contributed by atoms with Crippen LogP contribution in [-0.4, -0.2) is 33.1 Å². The van der Waals surface area contributed by atoms with Crippen LogP contribution in [0.2, 0.25) is 0 Å². The van der Waals surface area contributed by atoms with Crippen LogP contribution in [0.5, 0.6) is 5.88 Å². The highest BCUT2D eigenvalue weighted by atomic mass is 16.3. The summed E-state index contributed by atoms with van der Waals surface area (Å²) in [5, 5.41) is 11.4. The van der Waals surface area contributed by atoms with Gasteiger partial charge in [-0.2, -0.15) is 0 Å². The number of benzene rings is 1. The zero-order valence-electron chi connectivity index (χ0n) is 13.3. The van der Waals surface area contributed by atoms with Crippen molar-refractivity contribution in [1.29, 1.82) is 0 Å². The van der Waals surface area contributed by atoms with E-state index >= 15 is 0 Å². The molecule has 1 aromatic carbocycles. The molecule has 0 radical (unpaired) electrons. The van der Waals surface area contributed by atoms with Crippen molar-refractivity contribution in [3.05, 3.63) is 61.9 Å². The highest BCUT2D eigenvalue weighted by Crippen LogP contribution is 2.32. The third-order valence-corrected chi connectivity index (χ3v) is 4.94. The van der Waals surface area contributed by atoms with E-state index in [-0.39, 0.29) is 17.5 Å². The second kappa shape index (κ2) is 5.38. The van der Waals surface area contributed by atoms with Crippen molar-refractivity contribution >= 4 is 10.9 Å². The number of hydrogen-bond acceptors (Lipinski definition) is 3. The van der Waals surface area contributed by atoms with Crippen molar-refractivity contribution in [2.75, 3.05) is 13.1 Å². The average molecular weight is 327 g/mol. The zero-order valence-corrected chi connectivity index (χ0v) is 13.3. The first-order valence-corrected chi connectivity index (χ1v) is 8.09. The van der Waals surface area contributed by atoms with Crippen molar-refractivity contribution < 1.29 is 10.0 Å². The molecule has 3 aromatic rings. The fourth-order valence-corrected chi connectivity index (χ4v) is 3.85. The van der Waals surface area contributed by atoms with Gasteiger partial charge in [-0.1, -0.05) is 18.2 Å². The Hall–Kier alpha value is -2.80. The minimum atomic E-state index is -0.702. The molecule has 24 heavy (non-hydrogen) atoms. The molecule has 124 valence electrons. The Morgan fingerprint density at radius 3 is 2.75 bits per heavy atom. The van der Waals surface area contributed by atoms with Gasteiger partial charge in [-0.3, -0.25) is 14.8 Å². The number of para-hydroxylation sites is 1. The molecule has 1 aliphatic rings. The van der Waals surface area contributed by atoms with E-state index < -0.39 is 11.2 Å². The fraction of sp³-hybridized carbons (Fsp3) is 0.294. The van der Waals surface area contributed by atoms with Gasteiger partial charge in [-0.25, -0.2) is 4.79 Å². The molecule has 1 aliphatic heterocycles. The van der Waals surface area contributed by atoms with E-state index in [1.54, 1.807) is 0 Å². The molecule has 7 heteroatoms. The van der Waals surface area contributed by atoms with E-state index in [0.717, 1.165) is 36.1 Å². The number of aromatic nitrogens is 3. The number of H-pyrrole nitrogens is 3. The molecule has 2 atom stereocenters. The molecule has 0 aliphatic carbocycles. The van der Waals surface area contributed by atoms with Crippen molar-refractivity contribution in [1.82, 2.24) is 15.0 Å². The maximum absolute atomic E-state index is 12.4. The fourth-order valence-electron chi connectivity index (χ4n) is 3.85. The largest absolute Gasteiger partial charge is 0.494 e. The highest BCUT2D eigenvalue weighted by molar-refractivity contribution is 5.85. The van der Waals surface area contributed by atoms with Gasteiger partial charge in [0.15, 0.2) is 6.04 Å². The molecule has 0 saturated carbocycles. The van der Waals surface area contributed by atoms with E-state index in [1.165, 1.54) is 10.5 Å². The number of fused-ring (bicyclic) bond motifs is 3. The predicted octanol–water partition coefficient (Wildman–Crippen LogP) is -0.200. The van der Waals surface area contributed by atoms with Crippen LogP contribution < -0.4 is 16.1 Å². The first kappa shape index (κ1) is 14.8. The lowest BCUT2D eigenvalue weighted by atomic mass is 9.93. The maximum Gasteiger partial charge on any atom is 0.328 e. The quantitative estimate of drug-likeness (QED) is 0.450. The van der Waals surface area contributed by atoms with Gasteiger partial charge >= 0.3 is 5.69 Å². The smallest absolute Gasteiger partial charge is 0.328 e. The summed E-state index contributed by atoms with van der Waals surface area (Å²) in [6.45, 7) is 3.71. The number of hydrogen-bond donors (Lipinski definition) is 5. The average Bonchev–Trinajstić information content (AvgIpc) is 2.93. The third kappa shape index (κ3) is 2.09. The van der Waals surface area contributed by atoms with Crippen molar-refractivity contribution in [3.8, 4) is 5.88 Å². The summed E-state index contributed by atoms with van der Waals surface area (Å²) in [6, 6.07) is 7.69. The van der Waals surface area contributed by atoms with Crippen LogP contribution in [0.4, 0.5) is 0 Å². The molecule has 0 amide bonds. The number of rotatable bonds is 2. The Morgan fingerprint density at radius 2 is 2.00 bits per heavy atom. The molecule has 2 aromatic heterocycles. The van der Waals surface area contributed by atoms with Crippen LogP contribution in [0.25, 0.3) is 10.9 Å². The van der Waals surface area contributed by atoms with E-state index in [2.05, 4.69) is 21.0 Å². The minimum Gasteiger partial charge on any atom is -0.494 e. The van der Waals surface area contributed by atoms with Gasteiger partial charge in [0.1, 0.15) is 5.56 Å². The number of quaternary nitrogens is 1. The Morgan fingerprint density at radius 1 is 1.21 bits per heavy atom. The van der Waals surface area contributed by atoms with Gasteiger partial charge in [0.2, 0.25) is 5.88 Å². The van der Waals surface area contributed by atoms with Gasteiger partial charge in [-0.05, 0) is 18.6 Å². The summed E-state index contributed by atoms with van der Waals surface area (Å²) >= 11 is 0. The molecule has 1 unspecified atom stereocenters. The summed E-state index contributed by atoms with van der Waals surface area (Å²) in [4.78, 5) is 32.9. The molecule has 0 bridgehead atoms. The van der Waals surface area contributed by atoms with Gasteiger partial charge in [0.25, 0.3) is 5.56 Å². The van der Waals surface area contributed by atoms with Crippen molar-refractivity contribution in [2.45, 2.75) is 19.4 Å². The normalized spacial score (nSPS) is 20.2. The first-order chi connectivity index (χ1) is 11.6. The number of aromatic amines is 3. The number of aromatic hydroxyl groups is 1. The Bertz CT molecular complexity index is 1030. The van der Waals surface area contributed by atoms with Crippen LogP contribution in [-0.2, 0) is 6.42 Å². The summed E-state index contributed by atoms with van der Waals surface area (Å²) in [7, 11) is 0. The SMILES string of the molecule is CC[NH+]1CCc2c([nH]c3ccccc23)[C@H]1c1c(O)[nH]c(=O)[nH]c1=O. The van der Waals surface area contributed by atoms with Crippen molar-refractivity contribution in [2.24, 2.45) is 0 Å². The minimum absolute atomic E-state index is 0.207. The lowest BCUT2D eigenvalue weighted by Gasteiger charge is -2.31. The summed E-state index contributed by atoms with van der Waals surface area (Å²) in [6.07, 6.45) is 0.904. The lowest BCUT2D eigenvalue weighted by Crippen LogP contribution is -3.13. The van der Waals surface area contributed by atoms with Gasteiger partial charge in [-0.15, -0.1) is 0 Å². The predicted molar refractivity (Wildman–Crippen MR) is 89.6 cm³/mol. The second-order valence-corrected chi connectivity index (χ2v) is 6.18. The Kier molecular flexibility index (Phi) is 3.31. The molecular weight excluding hydrogens is 308 g/mol. The maximum atomic E-state index is 12.4. The van der Waals surface area contributed by atoms with E-state index in [9.17, 15) is 14.7 Å². The van der Waals surface area contributed by atoms with Crippen molar-refractivity contribution in [3.63, 3.8) is 0 Å². The van der Waals surface area contributed by atoms with Crippen LogP contribution in [0.1, 0.15) is 29.8 Å². The van der Waals surface area contributed by atoms with Crippen LogP contribution in [0.3, 0.4) is 0 Å². The van der Waals surface area contributed by atoms with Crippen LogP contribution >= 0.6 is 0 Å². The van der Waals surface area contributed by atoms with Crippen LogP contribution in [0, 0.1) is 0 Å². The zero-order chi connectivity index (χ0) is 16.8. The Labute approximate surface area is 137 Å².